The minimum atomic E-state index is -4.78. The van der Waals surface area contributed by atoms with Crippen LogP contribution in [0.15, 0.2) is 0 Å². The summed E-state index contributed by atoms with van der Waals surface area (Å²) in [5.41, 5.74) is -0.932. The maximum atomic E-state index is 12.3. The van der Waals surface area contributed by atoms with Crippen LogP contribution in [-0.2, 0) is 4.79 Å². The van der Waals surface area contributed by atoms with Crippen molar-refractivity contribution in [2.45, 2.75) is 31.5 Å². The second kappa shape index (κ2) is 3.63. The molecule has 0 radical (unpaired) electrons. The van der Waals surface area contributed by atoms with Gasteiger partial charge in [0.25, 0.3) is 0 Å². The van der Waals surface area contributed by atoms with Gasteiger partial charge in [-0.1, -0.05) is 12.2 Å². The van der Waals surface area contributed by atoms with E-state index in [1.807, 2.05) is 0 Å². The van der Waals surface area contributed by atoms with E-state index in [1.54, 1.807) is 0 Å². The molecule has 2 aliphatic rings. The molecule has 0 saturated heterocycles. The summed E-state index contributed by atoms with van der Waals surface area (Å²) in [6.45, 7) is -4.78. The van der Waals surface area contributed by atoms with Crippen molar-refractivity contribution in [2.24, 2.45) is 5.41 Å². The van der Waals surface area contributed by atoms with Crippen molar-refractivity contribution in [2.75, 3.05) is 0 Å². The largest absolute Gasteiger partial charge is 1.00 e. The van der Waals surface area contributed by atoms with Gasteiger partial charge in [0, 0.05) is 5.41 Å². The first kappa shape index (κ1) is 12.2. The summed E-state index contributed by atoms with van der Waals surface area (Å²) in [6, 6.07) is 0. The van der Waals surface area contributed by atoms with Gasteiger partial charge in [0.2, 0.25) is 0 Å². The Morgan fingerprint density at radius 2 is 1.85 bits per heavy atom. The van der Waals surface area contributed by atoms with Gasteiger partial charge >= 0.3 is 58.4 Å². The van der Waals surface area contributed by atoms with Gasteiger partial charge in [-0.3, -0.25) is 4.79 Å². The summed E-state index contributed by atoms with van der Waals surface area (Å²) in [5, 5.41) is 0. The Labute approximate surface area is 117 Å². The van der Waals surface area contributed by atoms with Gasteiger partial charge in [-0.25, -0.2) is 0 Å². The molecule has 0 aliphatic heterocycles. The molecule has 6 heteroatoms. The number of carbonyl (C=O) groups is 1. The second-order valence-electron chi connectivity index (χ2n) is 3.87. The van der Waals surface area contributed by atoms with E-state index in [2.05, 4.69) is 0 Å². The number of Topliss-reactive ketones (excluding diaryl/α,β-unsaturated/α-hetero) is 1. The number of hydrogen-bond donors (Lipinski definition) is 0. The van der Waals surface area contributed by atoms with Gasteiger partial charge < -0.3 is 12.9 Å². The fourth-order valence-electron chi connectivity index (χ4n) is 2.38. The Morgan fingerprint density at radius 3 is 2.00 bits per heavy atom. The Hall–Kier alpha value is 1.16. The predicted octanol–water partition coefficient (Wildman–Crippen LogP) is -0.649. The average Bonchev–Trinajstić information content (AvgIpc) is 1.76. The van der Waals surface area contributed by atoms with E-state index < -0.39 is 18.2 Å². The van der Waals surface area contributed by atoms with Crippen LogP contribution in [0, 0.1) is 5.41 Å². The van der Waals surface area contributed by atoms with Crippen LogP contribution in [0.25, 0.3) is 0 Å². The van der Waals surface area contributed by atoms with Crippen molar-refractivity contribution in [1.29, 1.82) is 0 Å². The number of hydrogen-bond acceptors (Lipinski definition) is 1. The van der Waals surface area contributed by atoms with Gasteiger partial charge in [-0.15, -0.1) is 0 Å². The molecule has 0 aromatic carbocycles. The van der Waals surface area contributed by atoms with Crippen LogP contribution in [0.4, 0.5) is 12.9 Å². The van der Waals surface area contributed by atoms with Crippen LogP contribution in [0.2, 0.25) is 5.82 Å². The molecule has 0 aromatic heterocycles. The van der Waals surface area contributed by atoms with Crippen LogP contribution in [0.3, 0.4) is 0 Å². The van der Waals surface area contributed by atoms with Gasteiger partial charge in [0.1, 0.15) is 5.78 Å². The minimum Gasteiger partial charge on any atom is -0.449 e. The van der Waals surface area contributed by atoms with Crippen molar-refractivity contribution in [3.05, 3.63) is 0 Å². The van der Waals surface area contributed by atoms with Crippen molar-refractivity contribution < 1.29 is 69.1 Å². The van der Waals surface area contributed by atoms with Gasteiger partial charge in [0.15, 0.2) is 0 Å². The summed E-state index contributed by atoms with van der Waals surface area (Å²) >= 11 is 0. The molecule has 2 rings (SSSR count). The Kier molecular flexibility index (Phi) is 3.41. The predicted molar refractivity (Wildman–Crippen MR) is 38.7 cm³/mol. The molecule has 2 saturated carbocycles. The fourth-order valence-corrected chi connectivity index (χ4v) is 2.38. The Balaban J connectivity index is 0.000000845. The fraction of sp³-hybridized carbons (Fsp3) is 0.857. The van der Waals surface area contributed by atoms with Crippen molar-refractivity contribution >= 4 is 12.8 Å². The summed E-state index contributed by atoms with van der Waals surface area (Å²) in [7, 11) is 0. The van der Waals surface area contributed by atoms with E-state index in [9.17, 15) is 17.7 Å². The van der Waals surface area contributed by atoms with E-state index in [0.29, 0.717) is 12.8 Å². The van der Waals surface area contributed by atoms with Crippen molar-refractivity contribution in [3.8, 4) is 0 Å². The van der Waals surface area contributed by atoms with E-state index in [4.69, 9.17) is 0 Å². The molecule has 1 spiro atoms. The van der Waals surface area contributed by atoms with E-state index in [1.165, 1.54) is 0 Å². The molecule has 68 valence electrons. The topological polar surface area (TPSA) is 17.1 Å². The zero-order chi connectivity index (χ0) is 8.98. The molecular weight excluding hydrogens is 207 g/mol. The Morgan fingerprint density at radius 1 is 1.31 bits per heavy atom. The first-order valence-electron chi connectivity index (χ1n) is 4.20. The molecule has 2 aliphatic carbocycles. The molecule has 13 heavy (non-hydrogen) atoms. The quantitative estimate of drug-likeness (QED) is 0.532. The summed E-state index contributed by atoms with van der Waals surface area (Å²) in [6.07, 6.45) is 1.48. The monoisotopic (exact) mass is 216 g/mol. The average molecular weight is 216 g/mol. The van der Waals surface area contributed by atoms with Crippen LogP contribution in [-0.4, -0.2) is 12.8 Å². The maximum Gasteiger partial charge on any atom is 1.00 e. The standard InChI is InChI=1S/C7H9BF3O.K/c9-8(10,11)5-4-6(12)7(5)2-1-3-7;/h5H,1-4H2;/q-1;+1. The first-order chi connectivity index (χ1) is 5.47. The molecule has 0 aromatic rings. The zero-order valence-electron chi connectivity index (χ0n) is 7.53. The molecule has 0 amide bonds. The number of halogens is 3. The van der Waals surface area contributed by atoms with E-state index >= 15 is 0 Å². The molecule has 0 bridgehead atoms. The van der Waals surface area contributed by atoms with Gasteiger partial charge in [0.05, 0.1) is 0 Å². The van der Waals surface area contributed by atoms with Gasteiger partial charge in [-0.2, -0.15) is 0 Å². The number of ketones is 1. The normalized spacial score (nSPS) is 30.4. The zero-order valence-corrected chi connectivity index (χ0v) is 10.6. The number of rotatable bonds is 1. The van der Waals surface area contributed by atoms with Gasteiger partial charge in [-0.05, 0) is 19.3 Å². The van der Waals surface area contributed by atoms with Crippen molar-refractivity contribution in [1.82, 2.24) is 0 Å². The van der Waals surface area contributed by atoms with Crippen LogP contribution < -0.4 is 51.4 Å². The molecule has 1 nitrogen and oxygen atoms in total. The first-order valence-corrected chi connectivity index (χ1v) is 4.20. The smallest absolute Gasteiger partial charge is 0.449 e. The third-order valence-electron chi connectivity index (χ3n) is 3.37. The van der Waals surface area contributed by atoms with Crippen LogP contribution >= 0.6 is 0 Å². The summed E-state index contributed by atoms with van der Waals surface area (Å²) < 4.78 is 36.9. The molecule has 0 heterocycles. The molecular formula is C7H9BF3KO. The summed E-state index contributed by atoms with van der Waals surface area (Å²) in [4.78, 5) is 11.0. The molecule has 2 fully saturated rings. The molecule has 1 atom stereocenters. The van der Waals surface area contributed by atoms with E-state index in [-0.39, 0.29) is 63.6 Å². The second-order valence-corrected chi connectivity index (χ2v) is 3.87. The number of carbonyl (C=O) groups excluding carboxylic acids is 1. The summed E-state index contributed by atoms with van der Waals surface area (Å²) in [5.74, 6) is -1.42. The molecule has 1 unspecified atom stereocenters. The van der Waals surface area contributed by atoms with Crippen molar-refractivity contribution in [3.63, 3.8) is 0 Å². The van der Waals surface area contributed by atoms with Crippen LogP contribution in [0.1, 0.15) is 25.7 Å². The third kappa shape index (κ3) is 1.69. The SMILES string of the molecule is O=C1CC([B-](F)(F)F)C12CCC2.[K+]. The maximum absolute atomic E-state index is 12.3. The third-order valence-corrected chi connectivity index (χ3v) is 3.37. The molecule has 0 N–H and O–H groups in total. The van der Waals surface area contributed by atoms with E-state index in [0.717, 1.165) is 6.42 Å². The minimum absolute atomic E-state index is 0. The van der Waals surface area contributed by atoms with Crippen LogP contribution in [0.5, 0.6) is 0 Å². The Bertz CT molecular complexity index is 236.